The number of benzene rings is 1. The van der Waals surface area contributed by atoms with Gasteiger partial charge in [-0.2, -0.15) is 5.16 Å². The van der Waals surface area contributed by atoms with E-state index >= 15 is 0 Å². The van der Waals surface area contributed by atoms with Gasteiger partial charge < -0.3 is 19.3 Å². The van der Waals surface area contributed by atoms with Gasteiger partial charge in [0.05, 0.1) is 14.2 Å². The van der Waals surface area contributed by atoms with Crippen LogP contribution >= 0.6 is 0 Å². The molecular formula is C15H16N2O6. The first-order chi connectivity index (χ1) is 11.0. The van der Waals surface area contributed by atoms with E-state index in [1.165, 1.54) is 21.1 Å². The molecule has 0 atom stereocenters. The third kappa shape index (κ3) is 3.42. The lowest BCUT2D eigenvalue weighted by Crippen LogP contribution is -2.27. The summed E-state index contributed by atoms with van der Waals surface area (Å²) < 4.78 is 14.6. The third-order valence-electron chi connectivity index (χ3n) is 3.23. The van der Waals surface area contributed by atoms with E-state index in [0.29, 0.717) is 11.3 Å². The van der Waals surface area contributed by atoms with Gasteiger partial charge in [-0.3, -0.25) is 9.59 Å². The molecular weight excluding hydrogens is 304 g/mol. The van der Waals surface area contributed by atoms with Crippen LogP contribution in [0.15, 0.2) is 27.5 Å². The van der Waals surface area contributed by atoms with E-state index in [1.807, 2.05) is 0 Å². The van der Waals surface area contributed by atoms with Crippen molar-refractivity contribution in [3.63, 3.8) is 0 Å². The molecule has 2 rings (SSSR count). The maximum Gasteiger partial charge on any atom is 0.341 e. The molecule has 0 aliphatic rings. The van der Waals surface area contributed by atoms with E-state index in [9.17, 15) is 14.4 Å². The molecule has 0 saturated carbocycles. The minimum Gasteiger partial charge on any atom is -0.496 e. The van der Waals surface area contributed by atoms with Gasteiger partial charge >= 0.3 is 5.97 Å². The standard InChI is InChI=1S/C15H16N2O6/c1-8-12(14(19)17-23-8)13(18)16-7-9-4-5-10(15(20)22-3)11(6-9)21-2/h4-6H,7H2,1-3H3,(H,16,18)(H,17,19). The fourth-order valence-corrected chi connectivity index (χ4v) is 2.04. The molecule has 1 heterocycles. The number of aromatic amines is 1. The van der Waals surface area contributed by atoms with Gasteiger partial charge in [-0.15, -0.1) is 0 Å². The first-order valence-corrected chi connectivity index (χ1v) is 6.69. The summed E-state index contributed by atoms with van der Waals surface area (Å²) in [6.07, 6.45) is 0. The van der Waals surface area contributed by atoms with E-state index in [-0.39, 0.29) is 23.4 Å². The molecule has 0 fully saturated rings. The maximum absolute atomic E-state index is 12.0. The molecule has 1 aromatic heterocycles. The summed E-state index contributed by atoms with van der Waals surface area (Å²) in [6.45, 7) is 1.67. The Morgan fingerprint density at radius 2 is 2.04 bits per heavy atom. The average Bonchev–Trinajstić information content (AvgIpc) is 2.90. The zero-order chi connectivity index (χ0) is 17.0. The Hall–Kier alpha value is -3.03. The summed E-state index contributed by atoms with van der Waals surface area (Å²) in [7, 11) is 2.71. The van der Waals surface area contributed by atoms with Gasteiger partial charge in [0.15, 0.2) is 0 Å². The summed E-state index contributed by atoms with van der Waals surface area (Å²) in [5.41, 5.74) is 0.328. The van der Waals surface area contributed by atoms with Crippen LogP contribution in [-0.4, -0.2) is 31.3 Å². The van der Waals surface area contributed by atoms with Crippen LogP contribution in [0, 0.1) is 6.92 Å². The molecule has 8 heteroatoms. The number of rotatable bonds is 5. The zero-order valence-electron chi connectivity index (χ0n) is 12.9. The number of aromatic nitrogens is 1. The van der Waals surface area contributed by atoms with E-state index in [1.54, 1.807) is 18.2 Å². The number of hydrogen-bond donors (Lipinski definition) is 2. The van der Waals surface area contributed by atoms with Gasteiger partial charge in [-0.05, 0) is 24.6 Å². The number of methoxy groups -OCH3 is 2. The summed E-state index contributed by atoms with van der Waals surface area (Å²) >= 11 is 0. The first-order valence-electron chi connectivity index (χ1n) is 6.69. The number of amides is 1. The highest BCUT2D eigenvalue weighted by Crippen LogP contribution is 2.21. The molecule has 2 aromatic rings. The molecule has 0 bridgehead atoms. The monoisotopic (exact) mass is 320 g/mol. The molecule has 0 unspecified atom stereocenters. The van der Waals surface area contributed by atoms with E-state index in [0.717, 1.165) is 0 Å². The van der Waals surface area contributed by atoms with Crippen molar-refractivity contribution in [1.29, 1.82) is 0 Å². The van der Waals surface area contributed by atoms with E-state index in [4.69, 9.17) is 9.26 Å². The average molecular weight is 320 g/mol. The fraction of sp³-hybridized carbons (Fsp3) is 0.267. The van der Waals surface area contributed by atoms with Crippen molar-refractivity contribution in [2.45, 2.75) is 13.5 Å². The van der Waals surface area contributed by atoms with Crippen LogP contribution in [0.4, 0.5) is 0 Å². The van der Waals surface area contributed by atoms with Crippen molar-refractivity contribution < 1.29 is 23.6 Å². The number of esters is 1. The molecule has 2 N–H and O–H groups in total. The van der Waals surface area contributed by atoms with Crippen molar-refractivity contribution in [1.82, 2.24) is 10.5 Å². The first kappa shape index (κ1) is 16.3. The predicted molar refractivity (Wildman–Crippen MR) is 79.6 cm³/mol. The topological polar surface area (TPSA) is 111 Å². The molecule has 1 aromatic carbocycles. The lowest BCUT2D eigenvalue weighted by atomic mass is 10.1. The smallest absolute Gasteiger partial charge is 0.341 e. The van der Waals surface area contributed by atoms with Gasteiger partial charge in [-0.25, -0.2) is 4.79 Å². The lowest BCUT2D eigenvalue weighted by Gasteiger charge is -2.10. The molecule has 122 valence electrons. The largest absolute Gasteiger partial charge is 0.496 e. The van der Waals surface area contributed by atoms with Crippen LogP contribution in [-0.2, 0) is 11.3 Å². The molecule has 0 aliphatic carbocycles. The number of ether oxygens (including phenoxy) is 2. The van der Waals surface area contributed by atoms with Crippen LogP contribution < -0.4 is 15.6 Å². The number of H-pyrrole nitrogens is 1. The highest BCUT2D eigenvalue weighted by molar-refractivity contribution is 5.94. The molecule has 0 radical (unpaired) electrons. The molecule has 23 heavy (non-hydrogen) atoms. The van der Waals surface area contributed by atoms with Crippen molar-refractivity contribution in [3.8, 4) is 5.75 Å². The normalized spacial score (nSPS) is 10.2. The summed E-state index contributed by atoms with van der Waals surface area (Å²) in [5, 5.41) is 4.70. The second-order valence-electron chi connectivity index (χ2n) is 4.67. The van der Waals surface area contributed by atoms with Gasteiger partial charge in [-0.1, -0.05) is 6.07 Å². The Balaban J connectivity index is 2.14. The molecule has 8 nitrogen and oxygen atoms in total. The molecule has 0 saturated heterocycles. The number of carbonyl (C=O) groups excluding carboxylic acids is 2. The van der Waals surface area contributed by atoms with Crippen LogP contribution in [0.5, 0.6) is 5.75 Å². The molecule has 0 aliphatic heterocycles. The quantitative estimate of drug-likeness (QED) is 0.795. The number of hydrogen-bond acceptors (Lipinski definition) is 6. The highest BCUT2D eigenvalue weighted by atomic mass is 16.5. The van der Waals surface area contributed by atoms with E-state index in [2.05, 4.69) is 15.2 Å². The molecule has 0 spiro atoms. The van der Waals surface area contributed by atoms with Crippen LogP contribution in [0.2, 0.25) is 0 Å². The number of aryl methyl sites for hydroxylation is 1. The minimum atomic E-state index is -0.585. The molecule has 1 amide bonds. The Morgan fingerprint density at radius 3 is 2.61 bits per heavy atom. The fourth-order valence-electron chi connectivity index (χ4n) is 2.04. The Bertz CT molecular complexity index is 790. The van der Waals surface area contributed by atoms with Crippen LogP contribution in [0.3, 0.4) is 0 Å². The zero-order valence-corrected chi connectivity index (χ0v) is 12.9. The van der Waals surface area contributed by atoms with Crippen molar-refractivity contribution in [3.05, 3.63) is 51.0 Å². The van der Waals surface area contributed by atoms with E-state index < -0.39 is 17.4 Å². The second-order valence-corrected chi connectivity index (χ2v) is 4.67. The Morgan fingerprint density at radius 1 is 1.30 bits per heavy atom. The highest BCUT2D eigenvalue weighted by Gasteiger charge is 2.18. The van der Waals surface area contributed by atoms with Gasteiger partial charge in [0, 0.05) is 6.54 Å². The van der Waals surface area contributed by atoms with Crippen molar-refractivity contribution >= 4 is 11.9 Å². The van der Waals surface area contributed by atoms with Crippen LogP contribution in [0.1, 0.15) is 32.0 Å². The SMILES string of the molecule is COC(=O)c1ccc(CNC(=O)c2c(C)o[nH]c2=O)cc1OC. The van der Waals surface area contributed by atoms with Gasteiger partial charge in [0.1, 0.15) is 22.6 Å². The number of carbonyl (C=O) groups is 2. The Labute approximate surface area is 131 Å². The van der Waals surface area contributed by atoms with Crippen molar-refractivity contribution in [2.75, 3.05) is 14.2 Å². The lowest BCUT2D eigenvalue weighted by molar-refractivity contribution is 0.0597. The van der Waals surface area contributed by atoms with Gasteiger partial charge in [0.2, 0.25) is 0 Å². The summed E-state index contributed by atoms with van der Waals surface area (Å²) in [5.74, 6) is -0.515. The predicted octanol–water partition coefficient (Wildman–Crippen LogP) is 1.00. The maximum atomic E-state index is 12.0. The Kier molecular flexibility index (Phi) is 4.85. The second kappa shape index (κ2) is 6.82. The summed E-state index contributed by atoms with van der Waals surface area (Å²) in [6, 6.07) is 4.81. The van der Waals surface area contributed by atoms with Gasteiger partial charge in [0.25, 0.3) is 11.5 Å². The minimum absolute atomic E-state index is 0.0665. The van der Waals surface area contributed by atoms with Crippen molar-refractivity contribution in [2.24, 2.45) is 0 Å². The third-order valence-corrected chi connectivity index (χ3v) is 3.23. The summed E-state index contributed by atoms with van der Waals surface area (Å²) in [4.78, 5) is 35.0. The van der Waals surface area contributed by atoms with Crippen LogP contribution in [0.25, 0.3) is 0 Å². The number of nitrogens with one attached hydrogen (secondary N) is 2.